The summed E-state index contributed by atoms with van der Waals surface area (Å²) in [7, 11) is 0. The highest BCUT2D eigenvalue weighted by molar-refractivity contribution is 5.95. The Bertz CT molecular complexity index is 689. The molecule has 2 aromatic rings. The number of para-hydroxylation sites is 1. The van der Waals surface area contributed by atoms with Gasteiger partial charge < -0.3 is 5.32 Å². The number of aromatic nitrogens is 2. The lowest BCUT2D eigenvalue weighted by atomic mass is 10.2. The molecule has 0 aliphatic rings. The zero-order valence-electron chi connectivity index (χ0n) is 12.0. The third-order valence-electron chi connectivity index (χ3n) is 3.05. The average molecular weight is 273 g/mol. The van der Waals surface area contributed by atoms with Crippen LogP contribution in [0.4, 0.5) is 0 Å². The van der Waals surface area contributed by atoms with E-state index >= 15 is 0 Å². The van der Waals surface area contributed by atoms with Crippen LogP contribution in [0.5, 0.6) is 0 Å². The second-order valence-corrected chi connectivity index (χ2v) is 5.11. The van der Waals surface area contributed by atoms with Crippen LogP contribution in [0, 0.1) is 5.92 Å². The molecule has 5 nitrogen and oxygen atoms in total. The van der Waals surface area contributed by atoms with E-state index in [9.17, 15) is 9.59 Å². The molecule has 1 amide bonds. The molecule has 5 heteroatoms. The Morgan fingerprint density at radius 2 is 2.05 bits per heavy atom. The van der Waals surface area contributed by atoms with Gasteiger partial charge >= 0.3 is 0 Å². The number of fused-ring (bicyclic) bond motifs is 1. The smallest absolute Gasteiger partial charge is 0.275 e. The Morgan fingerprint density at radius 1 is 1.35 bits per heavy atom. The molecule has 2 rings (SSSR count). The number of aryl methyl sites for hydroxylation is 1. The molecular weight excluding hydrogens is 254 g/mol. The average Bonchev–Trinajstić information content (AvgIpc) is 2.45. The highest BCUT2D eigenvalue weighted by Crippen LogP contribution is 2.09. The van der Waals surface area contributed by atoms with Crippen molar-refractivity contribution >= 4 is 16.8 Å². The van der Waals surface area contributed by atoms with Gasteiger partial charge in [-0.25, -0.2) is 0 Å². The van der Waals surface area contributed by atoms with Crippen molar-refractivity contribution in [3.8, 4) is 0 Å². The molecule has 1 aromatic heterocycles. The predicted octanol–water partition coefficient (Wildman–Crippen LogP) is 1.80. The van der Waals surface area contributed by atoms with Crippen molar-refractivity contribution in [2.75, 3.05) is 6.54 Å². The van der Waals surface area contributed by atoms with E-state index in [1.165, 1.54) is 0 Å². The van der Waals surface area contributed by atoms with E-state index < -0.39 is 5.91 Å². The fraction of sp³-hybridized carbons (Fsp3) is 0.400. The van der Waals surface area contributed by atoms with Crippen molar-refractivity contribution in [2.24, 2.45) is 5.92 Å². The summed E-state index contributed by atoms with van der Waals surface area (Å²) >= 11 is 0. The normalized spacial score (nSPS) is 11.0. The van der Waals surface area contributed by atoms with Gasteiger partial charge in [0.15, 0.2) is 5.69 Å². The molecule has 0 saturated heterocycles. The van der Waals surface area contributed by atoms with Crippen molar-refractivity contribution < 1.29 is 4.79 Å². The number of hydrogen-bond donors (Lipinski definition) is 1. The molecule has 0 aliphatic heterocycles. The van der Waals surface area contributed by atoms with Crippen LogP contribution in [-0.4, -0.2) is 22.2 Å². The number of nitrogens with one attached hydrogen (secondary N) is 1. The maximum absolute atomic E-state index is 12.3. The fourth-order valence-electron chi connectivity index (χ4n) is 2.01. The Morgan fingerprint density at radius 3 is 2.70 bits per heavy atom. The summed E-state index contributed by atoms with van der Waals surface area (Å²) in [5.74, 6) is -0.0792. The zero-order chi connectivity index (χ0) is 14.7. The van der Waals surface area contributed by atoms with Crippen LogP contribution in [0.1, 0.15) is 31.3 Å². The topological polar surface area (TPSA) is 64.0 Å². The monoisotopic (exact) mass is 273 g/mol. The zero-order valence-corrected chi connectivity index (χ0v) is 12.0. The molecule has 1 heterocycles. The summed E-state index contributed by atoms with van der Waals surface area (Å²) in [5.41, 5.74) is 0.401. The fourth-order valence-corrected chi connectivity index (χ4v) is 2.01. The van der Waals surface area contributed by atoms with Gasteiger partial charge in [-0.2, -0.15) is 5.10 Å². The van der Waals surface area contributed by atoms with E-state index in [0.29, 0.717) is 24.4 Å². The minimum atomic E-state index is -0.406. The number of benzene rings is 1. The van der Waals surface area contributed by atoms with Crippen LogP contribution in [0.15, 0.2) is 29.1 Å². The van der Waals surface area contributed by atoms with Gasteiger partial charge in [-0.05, 0) is 25.0 Å². The van der Waals surface area contributed by atoms with E-state index in [0.717, 1.165) is 5.52 Å². The summed E-state index contributed by atoms with van der Waals surface area (Å²) in [5, 5.41) is 7.46. The Hall–Kier alpha value is -2.17. The first-order valence-corrected chi connectivity index (χ1v) is 6.82. The standard InChI is InChI=1S/C15H19N3O2/c1-4-18-12-8-6-5-7-11(12)14(19)13(17-18)15(20)16-9-10(2)3/h5-8,10H,4,9H2,1-3H3,(H,16,20). The number of carbonyl (C=O) groups is 1. The Balaban J connectivity index is 2.52. The first-order valence-electron chi connectivity index (χ1n) is 6.82. The van der Waals surface area contributed by atoms with Gasteiger partial charge in [0.05, 0.1) is 5.52 Å². The van der Waals surface area contributed by atoms with Gasteiger partial charge in [-0.15, -0.1) is 0 Å². The summed E-state index contributed by atoms with van der Waals surface area (Å²) < 4.78 is 1.68. The number of rotatable bonds is 4. The molecule has 1 N–H and O–H groups in total. The van der Waals surface area contributed by atoms with Gasteiger partial charge in [0.1, 0.15) is 0 Å². The minimum absolute atomic E-state index is 0.0359. The van der Waals surface area contributed by atoms with E-state index in [1.807, 2.05) is 32.9 Å². The lowest BCUT2D eigenvalue weighted by Gasteiger charge is -2.11. The third-order valence-corrected chi connectivity index (χ3v) is 3.05. The number of amides is 1. The Labute approximate surface area is 117 Å². The lowest BCUT2D eigenvalue weighted by molar-refractivity contribution is 0.0941. The van der Waals surface area contributed by atoms with Gasteiger partial charge in [-0.3, -0.25) is 14.3 Å². The highest BCUT2D eigenvalue weighted by Gasteiger charge is 2.16. The molecule has 0 radical (unpaired) electrons. The number of nitrogens with zero attached hydrogens (tertiary/aromatic N) is 2. The molecule has 1 aromatic carbocycles. The van der Waals surface area contributed by atoms with E-state index in [2.05, 4.69) is 10.4 Å². The van der Waals surface area contributed by atoms with Gasteiger partial charge in [0.25, 0.3) is 5.91 Å². The third kappa shape index (κ3) is 2.71. The van der Waals surface area contributed by atoms with E-state index in [1.54, 1.807) is 16.8 Å². The van der Waals surface area contributed by atoms with Crippen LogP contribution in [0.3, 0.4) is 0 Å². The lowest BCUT2D eigenvalue weighted by Crippen LogP contribution is -2.34. The SMILES string of the molecule is CCn1nc(C(=O)NCC(C)C)c(=O)c2ccccc21. The van der Waals surface area contributed by atoms with Crippen molar-refractivity contribution in [3.05, 3.63) is 40.2 Å². The summed E-state index contributed by atoms with van der Waals surface area (Å²) in [6.07, 6.45) is 0. The maximum atomic E-state index is 12.3. The molecular formula is C15H19N3O2. The number of hydrogen-bond acceptors (Lipinski definition) is 3. The van der Waals surface area contributed by atoms with Crippen LogP contribution in [-0.2, 0) is 6.54 Å². The van der Waals surface area contributed by atoms with Crippen LogP contribution >= 0.6 is 0 Å². The molecule has 0 unspecified atom stereocenters. The first kappa shape index (κ1) is 14.2. The van der Waals surface area contributed by atoms with Gasteiger partial charge in [-0.1, -0.05) is 26.0 Å². The van der Waals surface area contributed by atoms with E-state index in [-0.39, 0.29) is 11.1 Å². The molecule has 0 spiro atoms. The highest BCUT2D eigenvalue weighted by atomic mass is 16.2. The van der Waals surface area contributed by atoms with Crippen molar-refractivity contribution in [3.63, 3.8) is 0 Å². The summed E-state index contributed by atoms with van der Waals surface area (Å²) in [6, 6.07) is 7.21. The summed E-state index contributed by atoms with van der Waals surface area (Å²) in [6.45, 7) is 7.06. The van der Waals surface area contributed by atoms with Crippen molar-refractivity contribution in [1.29, 1.82) is 0 Å². The van der Waals surface area contributed by atoms with Crippen molar-refractivity contribution in [2.45, 2.75) is 27.3 Å². The second kappa shape index (κ2) is 5.86. The molecule has 0 bridgehead atoms. The summed E-state index contributed by atoms with van der Waals surface area (Å²) in [4.78, 5) is 24.4. The predicted molar refractivity (Wildman–Crippen MR) is 78.8 cm³/mol. The molecule has 0 aliphatic carbocycles. The van der Waals surface area contributed by atoms with E-state index in [4.69, 9.17) is 0 Å². The van der Waals surface area contributed by atoms with Gasteiger partial charge in [0.2, 0.25) is 5.43 Å². The molecule has 0 atom stereocenters. The number of carbonyl (C=O) groups excluding carboxylic acids is 1. The Kier molecular flexibility index (Phi) is 4.17. The van der Waals surface area contributed by atoms with Crippen LogP contribution in [0.2, 0.25) is 0 Å². The molecule has 0 saturated carbocycles. The minimum Gasteiger partial charge on any atom is -0.350 e. The molecule has 20 heavy (non-hydrogen) atoms. The molecule has 106 valence electrons. The first-order chi connectivity index (χ1) is 9.54. The molecule has 0 fully saturated rings. The largest absolute Gasteiger partial charge is 0.350 e. The maximum Gasteiger partial charge on any atom is 0.275 e. The van der Waals surface area contributed by atoms with Crippen molar-refractivity contribution in [1.82, 2.24) is 15.1 Å². The van der Waals surface area contributed by atoms with Crippen LogP contribution in [0.25, 0.3) is 10.9 Å². The van der Waals surface area contributed by atoms with Crippen LogP contribution < -0.4 is 10.7 Å². The second-order valence-electron chi connectivity index (χ2n) is 5.11. The van der Waals surface area contributed by atoms with Gasteiger partial charge in [0, 0.05) is 18.5 Å². The quantitative estimate of drug-likeness (QED) is 0.924.